The van der Waals surface area contributed by atoms with Crippen LogP contribution in [0.5, 0.6) is 0 Å². The molecule has 1 aliphatic heterocycles. The topological polar surface area (TPSA) is 69.7 Å². The van der Waals surface area contributed by atoms with Gasteiger partial charge in [0.25, 0.3) is 11.8 Å². The molecule has 2 aromatic rings. The summed E-state index contributed by atoms with van der Waals surface area (Å²) in [6, 6.07) is 16.4. The number of benzene rings is 2. The first-order valence-corrected chi connectivity index (χ1v) is 9.01. The molecule has 6 nitrogen and oxygen atoms in total. The highest BCUT2D eigenvalue weighted by atomic mass is 16.2. The maximum Gasteiger partial charge on any atom is 0.253 e. The van der Waals surface area contributed by atoms with Crippen LogP contribution in [-0.2, 0) is 4.79 Å². The van der Waals surface area contributed by atoms with Crippen molar-refractivity contribution in [3.63, 3.8) is 0 Å². The van der Waals surface area contributed by atoms with E-state index >= 15 is 0 Å². The Labute approximate surface area is 158 Å². The van der Waals surface area contributed by atoms with Crippen LogP contribution in [0.4, 0.5) is 0 Å². The number of piperazine rings is 1. The molecule has 0 spiro atoms. The molecule has 0 atom stereocenters. The van der Waals surface area contributed by atoms with Crippen molar-refractivity contribution in [3.8, 4) is 0 Å². The fourth-order valence-electron chi connectivity index (χ4n) is 3.08. The summed E-state index contributed by atoms with van der Waals surface area (Å²) in [7, 11) is 0. The van der Waals surface area contributed by atoms with Crippen molar-refractivity contribution in [1.82, 2.24) is 15.1 Å². The van der Waals surface area contributed by atoms with Crippen molar-refractivity contribution in [1.29, 1.82) is 0 Å². The van der Waals surface area contributed by atoms with Gasteiger partial charge in [-0.25, -0.2) is 0 Å². The second-order valence-corrected chi connectivity index (χ2v) is 6.59. The number of hydrogen-bond donors (Lipinski definition) is 1. The lowest BCUT2D eigenvalue weighted by Gasteiger charge is -2.34. The van der Waals surface area contributed by atoms with Crippen molar-refractivity contribution in [2.45, 2.75) is 6.92 Å². The van der Waals surface area contributed by atoms with Crippen LogP contribution in [0, 0.1) is 6.92 Å². The molecule has 27 heavy (non-hydrogen) atoms. The summed E-state index contributed by atoms with van der Waals surface area (Å²) in [6.45, 7) is 3.80. The van der Waals surface area contributed by atoms with Crippen molar-refractivity contribution < 1.29 is 14.4 Å². The summed E-state index contributed by atoms with van der Waals surface area (Å²) in [5.41, 5.74) is 2.19. The summed E-state index contributed by atoms with van der Waals surface area (Å²) in [5.74, 6) is -0.414. The summed E-state index contributed by atoms with van der Waals surface area (Å²) in [5, 5.41) is 2.67. The minimum atomic E-state index is -0.259. The number of carbonyl (C=O) groups excluding carboxylic acids is 3. The van der Waals surface area contributed by atoms with E-state index in [9.17, 15) is 14.4 Å². The average Bonchev–Trinajstić information content (AvgIpc) is 2.72. The van der Waals surface area contributed by atoms with Crippen LogP contribution >= 0.6 is 0 Å². The van der Waals surface area contributed by atoms with E-state index in [2.05, 4.69) is 5.32 Å². The van der Waals surface area contributed by atoms with E-state index in [0.29, 0.717) is 37.3 Å². The second-order valence-electron chi connectivity index (χ2n) is 6.59. The molecule has 0 bridgehead atoms. The number of rotatable bonds is 4. The van der Waals surface area contributed by atoms with Crippen molar-refractivity contribution in [2.75, 3.05) is 32.7 Å². The molecule has 0 aromatic heterocycles. The number of nitrogens with zero attached hydrogens (tertiary/aromatic N) is 2. The highest BCUT2D eigenvalue weighted by molar-refractivity contribution is 5.97. The molecular weight excluding hydrogens is 342 g/mol. The quantitative estimate of drug-likeness (QED) is 0.897. The highest BCUT2D eigenvalue weighted by Gasteiger charge is 2.24. The zero-order valence-electron chi connectivity index (χ0n) is 15.4. The highest BCUT2D eigenvalue weighted by Crippen LogP contribution is 2.09. The van der Waals surface area contributed by atoms with E-state index in [0.717, 1.165) is 5.56 Å². The van der Waals surface area contributed by atoms with E-state index in [-0.39, 0.29) is 24.3 Å². The first kappa shape index (κ1) is 18.6. The lowest BCUT2D eigenvalue weighted by molar-refractivity contribution is -0.131. The maximum atomic E-state index is 12.4. The Hall–Kier alpha value is -3.15. The van der Waals surface area contributed by atoms with Gasteiger partial charge in [0.05, 0.1) is 6.54 Å². The van der Waals surface area contributed by atoms with E-state index < -0.39 is 0 Å². The molecule has 6 heteroatoms. The first-order chi connectivity index (χ1) is 13.0. The van der Waals surface area contributed by atoms with Crippen molar-refractivity contribution >= 4 is 17.7 Å². The van der Waals surface area contributed by atoms with Crippen molar-refractivity contribution in [2.24, 2.45) is 0 Å². The fourth-order valence-corrected chi connectivity index (χ4v) is 3.08. The second kappa shape index (κ2) is 8.49. The Kier molecular flexibility index (Phi) is 5.86. The van der Waals surface area contributed by atoms with Gasteiger partial charge in [-0.1, -0.05) is 35.9 Å². The minimum absolute atomic E-state index is 0.0181. The summed E-state index contributed by atoms with van der Waals surface area (Å²) in [4.78, 5) is 40.4. The third-order valence-corrected chi connectivity index (χ3v) is 4.62. The summed E-state index contributed by atoms with van der Waals surface area (Å²) in [6.07, 6.45) is 0. The first-order valence-electron chi connectivity index (χ1n) is 9.01. The number of aryl methyl sites for hydroxylation is 1. The van der Waals surface area contributed by atoms with Crippen LogP contribution in [0.3, 0.4) is 0 Å². The molecule has 1 saturated heterocycles. The van der Waals surface area contributed by atoms with Gasteiger partial charge in [-0.15, -0.1) is 0 Å². The third-order valence-electron chi connectivity index (χ3n) is 4.62. The van der Waals surface area contributed by atoms with Gasteiger partial charge in [0.1, 0.15) is 0 Å². The number of carbonyl (C=O) groups is 3. The lowest BCUT2D eigenvalue weighted by atomic mass is 10.1. The van der Waals surface area contributed by atoms with Gasteiger partial charge in [0, 0.05) is 37.3 Å². The van der Waals surface area contributed by atoms with Gasteiger partial charge in [0.15, 0.2) is 0 Å². The largest absolute Gasteiger partial charge is 0.343 e. The van der Waals surface area contributed by atoms with Gasteiger partial charge in [-0.05, 0) is 31.2 Å². The predicted molar refractivity (Wildman–Crippen MR) is 102 cm³/mol. The van der Waals surface area contributed by atoms with Crippen LogP contribution < -0.4 is 5.32 Å². The molecule has 1 fully saturated rings. The van der Waals surface area contributed by atoms with Gasteiger partial charge < -0.3 is 15.1 Å². The Morgan fingerprint density at radius 3 is 2.15 bits per heavy atom. The smallest absolute Gasteiger partial charge is 0.253 e. The molecule has 2 aromatic carbocycles. The maximum absolute atomic E-state index is 12.4. The molecule has 3 rings (SSSR count). The van der Waals surface area contributed by atoms with Crippen molar-refractivity contribution in [3.05, 3.63) is 71.3 Å². The van der Waals surface area contributed by atoms with Gasteiger partial charge in [0.2, 0.25) is 5.91 Å². The molecule has 0 aliphatic carbocycles. The Morgan fingerprint density at radius 2 is 1.48 bits per heavy atom. The SMILES string of the molecule is Cc1cccc(C(=O)NCC(=O)N2CCN(C(=O)c3ccccc3)CC2)c1. The zero-order valence-corrected chi connectivity index (χ0v) is 15.4. The molecule has 1 N–H and O–H groups in total. The summed E-state index contributed by atoms with van der Waals surface area (Å²) >= 11 is 0. The molecule has 0 unspecified atom stereocenters. The van der Waals surface area contributed by atoms with E-state index in [1.54, 1.807) is 34.1 Å². The Morgan fingerprint density at radius 1 is 0.852 bits per heavy atom. The molecule has 0 saturated carbocycles. The van der Waals surface area contributed by atoms with Gasteiger partial charge >= 0.3 is 0 Å². The minimum Gasteiger partial charge on any atom is -0.343 e. The molecule has 3 amide bonds. The van der Waals surface area contributed by atoms with E-state index in [4.69, 9.17) is 0 Å². The number of hydrogen-bond acceptors (Lipinski definition) is 3. The van der Waals surface area contributed by atoms with Gasteiger partial charge in [-0.2, -0.15) is 0 Å². The van der Waals surface area contributed by atoms with Crippen LogP contribution in [-0.4, -0.2) is 60.2 Å². The van der Waals surface area contributed by atoms with Gasteiger partial charge in [-0.3, -0.25) is 14.4 Å². The predicted octanol–water partition coefficient (Wildman–Crippen LogP) is 1.71. The monoisotopic (exact) mass is 365 g/mol. The van der Waals surface area contributed by atoms with Crippen LogP contribution in [0.15, 0.2) is 54.6 Å². The Balaban J connectivity index is 1.47. The van der Waals surface area contributed by atoms with Crippen LogP contribution in [0.1, 0.15) is 26.3 Å². The third kappa shape index (κ3) is 4.73. The lowest BCUT2D eigenvalue weighted by Crippen LogP contribution is -2.52. The van der Waals surface area contributed by atoms with Crippen LogP contribution in [0.25, 0.3) is 0 Å². The molecule has 0 radical (unpaired) electrons. The molecule has 1 aliphatic rings. The average molecular weight is 365 g/mol. The van der Waals surface area contributed by atoms with Crippen LogP contribution in [0.2, 0.25) is 0 Å². The number of amides is 3. The fraction of sp³-hybridized carbons (Fsp3) is 0.286. The number of nitrogens with one attached hydrogen (secondary N) is 1. The molecule has 140 valence electrons. The standard InChI is InChI=1S/C21H23N3O3/c1-16-6-5-9-18(14-16)20(26)22-15-19(25)23-10-12-24(13-11-23)21(27)17-7-3-2-4-8-17/h2-9,14H,10-13,15H2,1H3,(H,22,26). The van der Waals surface area contributed by atoms with E-state index in [1.165, 1.54) is 0 Å². The molecule has 1 heterocycles. The summed E-state index contributed by atoms with van der Waals surface area (Å²) < 4.78 is 0. The zero-order chi connectivity index (χ0) is 19.2. The normalized spacial score (nSPS) is 14.0. The van der Waals surface area contributed by atoms with E-state index in [1.807, 2.05) is 37.3 Å². The Bertz CT molecular complexity index is 828. The molecular formula is C21H23N3O3.